The molecule has 312 valence electrons. The first kappa shape index (κ1) is 40.2. The van der Waals surface area contributed by atoms with E-state index in [1.165, 1.54) is 23.1 Å². The van der Waals surface area contributed by atoms with Gasteiger partial charge in [0, 0.05) is 77.7 Å². The predicted octanol–water partition coefficient (Wildman–Crippen LogP) is 6.75. The zero-order valence-electron chi connectivity index (χ0n) is 34.6. The first-order chi connectivity index (χ1) is 28.7. The molecule has 3 unspecified atom stereocenters. The summed E-state index contributed by atoms with van der Waals surface area (Å²) < 4.78 is 7.62. The van der Waals surface area contributed by atoms with Gasteiger partial charge in [0.2, 0.25) is 5.91 Å². The molecule has 2 aliphatic carbocycles. The number of ether oxygens (including phenoxy) is 1. The maximum Gasteiger partial charge on any atom is 0.275 e. The largest absolute Gasteiger partial charge is 0.489 e. The number of carbonyl (C=O) groups excluding carboxylic acids is 3. The summed E-state index contributed by atoms with van der Waals surface area (Å²) in [6.45, 7) is 11.6. The van der Waals surface area contributed by atoms with Crippen LogP contribution in [0.4, 0.5) is 5.69 Å². The van der Waals surface area contributed by atoms with Gasteiger partial charge in [0.05, 0.1) is 22.2 Å². The lowest BCUT2D eigenvalue weighted by atomic mass is 9.49. The van der Waals surface area contributed by atoms with Gasteiger partial charge >= 0.3 is 0 Å². The van der Waals surface area contributed by atoms with E-state index in [2.05, 4.69) is 71.4 Å². The van der Waals surface area contributed by atoms with Gasteiger partial charge in [-0.3, -0.25) is 29.4 Å². The van der Waals surface area contributed by atoms with Crippen LogP contribution in [0.15, 0.2) is 71.7 Å². The Morgan fingerprint density at radius 3 is 2.37 bits per heavy atom. The average molecular weight is 830 g/mol. The number of halogens is 1. The molecule has 3 saturated heterocycles. The zero-order valence-corrected chi connectivity index (χ0v) is 35.4. The molecule has 9 rings (SSSR count). The smallest absolute Gasteiger partial charge is 0.275 e. The summed E-state index contributed by atoms with van der Waals surface area (Å²) in [5.74, 6) is 0.901. The highest BCUT2D eigenvalue weighted by Gasteiger charge is 2.64. The summed E-state index contributed by atoms with van der Waals surface area (Å²) in [4.78, 5) is 56.1. The maximum absolute atomic E-state index is 13.6. The van der Waals surface area contributed by atoms with E-state index in [1.54, 1.807) is 24.4 Å². The van der Waals surface area contributed by atoms with Crippen molar-refractivity contribution < 1.29 is 19.1 Å². The highest BCUT2D eigenvalue weighted by Crippen LogP contribution is 2.55. The fraction of sp³-hybridized carbons (Fsp3) is 0.489. The Hall–Kier alpha value is -5.25. The second kappa shape index (κ2) is 15.3. The van der Waals surface area contributed by atoms with E-state index < -0.39 is 11.9 Å². The van der Waals surface area contributed by atoms with E-state index in [0.717, 1.165) is 50.0 Å². The van der Waals surface area contributed by atoms with Crippen LogP contribution in [-0.2, 0) is 9.59 Å². The highest BCUT2D eigenvalue weighted by atomic mass is 35.5. The quantitative estimate of drug-likeness (QED) is 0.175. The van der Waals surface area contributed by atoms with Gasteiger partial charge in [-0.1, -0.05) is 51.4 Å². The number of amides is 3. The van der Waals surface area contributed by atoms with E-state index in [9.17, 15) is 24.4 Å². The molecule has 0 spiro atoms. The zero-order chi connectivity index (χ0) is 42.1. The van der Waals surface area contributed by atoms with Crippen LogP contribution in [0.25, 0.3) is 10.8 Å². The highest BCUT2D eigenvalue weighted by molar-refractivity contribution is 6.31. The molecule has 3 amide bonds. The van der Waals surface area contributed by atoms with Gasteiger partial charge in [0.25, 0.3) is 17.4 Å². The van der Waals surface area contributed by atoms with Crippen LogP contribution in [0.1, 0.15) is 106 Å². The number of hydrogen-bond acceptors (Lipinski definition) is 9. The molecule has 4 aromatic rings. The summed E-state index contributed by atoms with van der Waals surface area (Å²) in [6.07, 6.45) is 7.79. The summed E-state index contributed by atoms with van der Waals surface area (Å²) >= 11 is 6.27. The number of nitrogens with one attached hydrogen (secondary N) is 2. The number of nitriles is 1. The minimum atomic E-state index is -0.776. The topological polar surface area (TPSA) is 150 Å². The number of anilines is 1. The van der Waals surface area contributed by atoms with Crippen molar-refractivity contribution in [1.29, 1.82) is 5.26 Å². The Labute approximate surface area is 355 Å². The molecule has 3 aliphatic heterocycles. The summed E-state index contributed by atoms with van der Waals surface area (Å²) in [5, 5.41) is 20.9. The molecule has 0 radical (unpaired) electrons. The van der Waals surface area contributed by atoms with Crippen molar-refractivity contribution in [3.05, 3.63) is 98.9 Å². The first-order valence-electron chi connectivity index (χ1n) is 21.3. The van der Waals surface area contributed by atoms with Gasteiger partial charge in [0.1, 0.15) is 24.0 Å². The standard InChI is InChI=1S/C47H52ClN7O5/c1-46(2)44(47(3,4)45(46)60-36-15-13-31(22-49)38(48)21-36)52-41(57)30-11-9-29(10-12-30)28-7-5-27(6-8-28)24-53-25-35-20-34(53)26-54(35)33-14-16-37-32(19-33)23-50-55(43(37)59)39-17-18-40(56)51-42(39)58/h9-16,19,21,23,27-28,34-35,39,44-45H,5-8,17-18,20,24-26H2,1-4H3,(H,52,57)(H,51,56,58)/t27?,28?,34?,35?,39?,44-,45-. The minimum absolute atomic E-state index is 0.0799. The number of hydrogen-bond donors (Lipinski definition) is 2. The lowest BCUT2D eigenvalue weighted by molar-refractivity contribution is -0.164. The van der Waals surface area contributed by atoms with Crippen LogP contribution in [0.2, 0.25) is 5.02 Å². The number of piperidine rings is 1. The van der Waals surface area contributed by atoms with Crippen molar-refractivity contribution in [2.45, 2.75) is 109 Å². The van der Waals surface area contributed by atoms with Crippen molar-refractivity contribution in [2.75, 3.05) is 24.5 Å². The van der Waals surface area contributed by atoms with Crippen LogP contribution in [0, 0.1) is 28.1 Å². The number of aromatic nitrogens is 2. The average Bonchev–Trinajstić information content (AvgIpc) is 3.84. The molecule has 2 saturated carbocycles. The molecule has 1 aromatic heterocycles. The molecule has 3 aromatic carbocycles. The normalized spacial score (nSPS) is 28.2. The molecule has 5 fully saturated rings. The van der Waals surface area contributed by atoms with Crippen LogP contribution in [-0.4, -0.2) is 76.3 Å². The lowest BCUT2D eigenvalue weighted by Crippen LogP contribution is -2.74. The van der Waals surface area contributed by atoms with Crippen LogP contribution in [0.3, 0.4) is 0 Å². The first-order valence-corrected chi connectivity index (χ1v) is 21.7. The number of nitrogens with zero attached hydrogens (tertiary/aromatic N) is 5. The third kappa shape index (κ3) is 7.13. The number of likely N-dealkylation sites (tertiary alicyclic amines) is 1. The fourth-order valence-corrected chi connectivity index (χ4v) is 11.7. The number of piperazine rings is 1. The van der Waals surface area contributed by atoms with Gasteiger partial charge in [0.15, 0.2) is 0 Å². The third-order valence-corrected chi connectivity index (χ3v) is 14.7. The second-order valence-electron chi connectivity index (χ2n) is 18.9. The molecule has 5 aliphatic rings. The van der Waals surface area contributed by atoms with Crippen molar-refractivity contribution in [3.8, 4) is 11.8 Å². The molecule has 12 nitrogen and oxygen atoms in total. The second-order valence-corrected chi connectivity index (χ2v) is 19.3. The van der Waals surface area contributed by atoms with Crippen molar-refractivity contribution in [3.63, 3.8) is 0 Å². The number of rotatable bonds is 9. The van der Waals surface area contributed by atoms with Crippen molar-refractivity contribution in [2.24, 2.45) is 16.7 Å². The summed E-state index contributed by atoms with van der Waals surface area (Å²) in [6, 6.07) is 21.4. The van der Waals surface area contributed by atoms with Crippen molar-refractivity contribution >= 4 is 45.8 Å². The van der Waals surface area contributed by atoms with E-state index in [-0.39, 0.29) is 53.2 Å². The van der Waals surface area contributed by atoms with Gasteiger partial charge in [-0.25, -0.2) is 4.68 Å². The number of imide groups is 1. The van der Waals surface area contributed by atoms with Gasteiger partial charge < -0.3 is 15.0 Å². The molecular weight excluding hydrogens is 778 g/mol. The monoisotopic (exact) mass is 829 g/mol. The molecule has 13 heteroatoms. The van der Waals surface area contributed by atoms with Crippen LogP contribution < -0.4 is 25.8 Å². The molecule has 2 bridgehead atoms. The summed E-state index contributed by atoms with van der Waals surface area (Å²) in [7, 11) is 0. The van der Waals surface area contributed by atoms with Crippen molar-refractivity contribution in [1.82, 2.24) is 25.3 Å². The molecule has 60 heavy (non-hydrogen) atoms. The SMILES string of the molecule is CC1(C)[C@H](NC(=O)c2ccc(C3CCC(CN4CC5CC4CN5c4ccc5c(=O)n(C6CCC(=O)NC6=O)ncc5c4)CC3)cc2)C(C)(C)[C@H]1Oc1ccc(C#N)c(Cl)c1. The van der Waals surface area contributed by atoms with E-state index in [1.807, 2.05) is 30.3 Å². The van der Waals surface area contributed by atoms with Gasteiger partial charge in [-0.2, -0.15) is 10.4 Å². The molecular formula is C47H52ClN7O5. The third-order valence-electron chi connectivity index (χ3n) is 14.4. The predicted molar refractivity (Wildman–Crippen MR) is 229 cm³/mol. The molecule has 4 heterocycles. The molecule has 3 atom stereocenters. The summed E-state index contributed by atoms with van der Waals surface area (Å²) in [5.41, 5.74) is 2.49. The Kier molecular flexibility index (Phi) is 10.3. The Balaban J connectivity index is 0.750. The van der Waals surface area contributed by atoms with Crippen LogP contribution >= 0.6 is 11.6 Å². The van der Waals surface area contributed by atoms with E-state index in [4.69, 9.17) is 16.3 Å². The number of fused-ring (bicyclic) bond motifs is 3. The molecule has 2 N–H and O–H groups in total. The van der Waals surface area contributed by atoms with Gasteiger partial charge in [-0.15, -0.1) is 0 Å². The Morgan fingerprint density at radius 2 is 1.70 bits per heavy atom. The Bertz CT molecular complexity index is 2450. The number of carbonyl (C=O) groups is 3. The fourth-order valence-electron chi connectivity index (χ4n) is 11.5. The maximum atomic E-state index is 13.6. The van der Waals surface area contributed by atoms with Crippen LogP contribution in [0.5, 0.6) is 5.75 Å². The Morgan fingerprint density at radius 1 is 0.950 bits per heavy atom. The van der Waals surface area contributed by atoms with Gasteiger partial charge in [-0.05, 0) is 98.4 Å². The van der Waals surface area contributed by atoms with E-state index >= 15 is 0 Å². The minimum Gasteiger partial charge on any atom is -0.489 e. The number of benzene rings is 3. The van der Waals surface area contributed by atoms with E-state index in [0.29, 0.717) is 51.2 Å². The lowest BCUT2D eigenvalue weighted by Gasteiger charge is -2.63.